The molecule has 0 aromatic heterocycles. The first-order valence-corrected chi connectivity index (χ1v) is 6.71. The van der Waals surface area contributed by atoms with Crippen molar-refractivity contribution in [3.63, 3.8) is 0 Å². The molecule has 0 radical (unpaired) electrons. The quantitative estimate of drug-likeness (QED) is 0.801. The molecule has 1 atom stereocenters. The smallest absolute Gasteiger partial charge is 0.410 e. The SMILES string of the molecule is C[C@H]1CCCN(C(=O)OCc2ccccc2)CC1. The fraction of sp³-hybridized carbons (Fsp3) is 0.533. The third-order valence-corrected chi connectivity index (χ3v) is 3.48. The predicted molar refractivity (Wildman–Crippen MR) is 71.2 cm³/mol. The Labute approximate surface area is 109 Å². The molecule has 0 saturated carbocycles. The fourth-order valence-electron chi connectivity index (χ4n) is 2.26. The van der Waals surface area contributed by atoms with E-state index >= 15 is 0 Å². The second-order valence-electron chi connectivity index (χ2n) is 5.06. The first-order chi connectivity index (χ1) is 8.75. The zero-order valence-corrected chi connectivity index (χ0v) is 11.0. The molecule has 0 spiro atoms. The van der Waals surface area contributed by atoms with Gasteiger partial charge in [0, 0.05) is 13.1 Å². The molecule has 1 aromatic rings. The number of amides is 1. The Balaban J connectivity index is 1.80. The standard InChI is InChI=1S/C15H21NO2/c1-13-6-5-10-16(11-9-13)15(17)18-12-14-7-3-2-4-8-14/h2-4,7-8,13H,5-6,9-12H2,1H3/t13-/m0/s1. The van der Waals surface area contributed by atoms with E-state index in [1.165, 1.54) is 6.42 Å². The van der Waals surface area contributed by atoms with Gasteiger partial charge in [-0.15, -0.1) is 0 Å². The maximum Gasteiger partial charge on any atom is 0.410 e. The molecule has 0 bridgehead atoms. The number of carbonyl (C=O) groups is 1. The predicted octanol–water partition coefficient (Wildman–Crippen LogP) is 3.45. The number of benzene rings is 1. The van der Waals surface area contributed by atoms with Crippen molar-refractivity contribution in [2.24, 2.45) is 5.92 Å². The van der Waals surface area contributed by atoms with Crippen LogP contribution in [0.25, 0.3) is 0 Å². The highest BCUT2D eigenvalue weighted by Crippen LogP contribution is 2.17. The monoisotopic (exact) mass is 247 g/mol. The van der Waals surface area contributed by atoms with Gasteiger partial charge in [-0.3, -0.25) is 0 Å². The molecule has 1 fully saturated rings. The summed E-state index contributed by atoms with van der Waals surface area (Å²) >= 11 is 0. The number of rotatable bonds is 2. The number of hydrogen-bond acceptors (Lipinski definition) is 2. The molecule has 3 nitrogen and oxygen atoms in total. The summed E-state index contributed by atoms with van der Waals surface area (Å²) in [6.45, 7) is 4.28. The van der Waals surface area contributed by atoms with Gasteiger partial charge in [-0.25, -0.2) is 4.79 Å². The third kappa shape index (κ3) is 3.76. The van der Waals surface area contributed by atoms with Crippen LogP contribution in [-0.4, -0.2) is 24.1 Å². The summed E-state index contributed by atoms with van der Waals surface area (Å²) in [4.78, 5) is 13.8. The van der Waals surface area contributed by atoms with E-state index in [-0.39, 0.29) is 6.09 Å². The molecule has 0 unspecified atom stereocenters. The Morgan fingerprint density at radius 1 is 1.28 bits per heavy atom. The van der Waals surface area contributed by atoms with Crippen LogP contribution in [0.1, 0.15) is 31.7 Å². The normalized spacial score (nSPS) is 20.3. The number of ether oxygens (including phenoxy) is 1. The van der Waals surface area contributed by atoms with E-state index in [1.54, 1.807) is 0 Å². The summed E-state index contributed by atoms with van der Waals surface area (Å²) in [6.07, 6.45) is 3.21. The Morgan fingerprint density at radius 3 is 2.83 bits per heavy atom. The van der Waals surface area contributed by atoms with Gasteiger partial charge in [-0.1, -0.05) is 37.3 Å². The summed E-state index contributed by atoms with van der Waals surface area (Å²) in [5.74, 6) is 0.719. The summed E-state index contributed by atoms with van der Waals surface area (Å²) in [5.41, 5.74) is 1.04. The Kier molecular flexibility index (Phi) is 4.62. The average Bonchev–Trinajstić information content (AvgIpc) is 2.62. The van der Waals surface area contributed by atoms with Crippen molar-refractivity contribution >= 4 is 6.09 Å². The fourth-order valence-corrected chi connectivity index (χ4v) is 2.26. The highest BCUT2D eigenvalue weighted by molar-refractivity contribution is 5.67. The minimum atomic E-state index is -0.173. The molecule has 1 saturated heterocycles. The minimum absolute atomic E-state index is 0.173. The first kappa shape index (κ1) is 12.9. The zero-order valence-electron chi connectivity index (χ0n) is 11.0. The maximum atomic E-state index is 11.9. The molecule has 1 aliphatic rings. The molecule has 2 rings (SSSR count). The molecule has 1 aliphatic heterocycles. The molecular weight excluding hydrogens is 226 g/mol. The van der Waals surface area contributed by atoms with Gasteiger partial charge in [0.1, 0.15) is 6.61 Å². The molecule has 1 amide bonds. The van der Waals surface area contributed by atoms with E-state index in [2.05, 4.69) is 6.92 Å². The molecule has 98 valence electrons. The van der Waals surface area contributed by atoms with Gasteiger partial charge in [-0.05, 0) is 30.7 Å². The minimum Gasteiger partial charge on any atom is -0.445 e. The summed E-state index contributed by atoms with van der Waals surface area (Å²) in [5, 5.41) is 0. The van der Waals surface area contributed by atoms with Crippen molar-refractivity contribution in [1.29, 1.82) is 0 Å². The third-order valence-electron chi connectivity index (χ3n) is 3.48. The van der Waals surface area contributed by atoms with Crippen molar-refractivity contribution < 1.29 is 9.53 Å². The van der Waals surface area contributed by atoms with Gasteiger partial charge in [-0.2, -0.15) is 0 Å². The zero-order chi connectivity index (χ0) is 12.8. The van der Waals surface area contributed by atoms with E-state index in [0.29, 0.717) is 6.61 Å². The van der Waals surface area contributed by atoms with Gasteiger partial charge in [0.05, 0.1) is 0 Å². The van der Waals surface area contributed by atoms with Crippen LogP contribution >= 0.6 is 0 Å². The molecule has 0 N–H and O–H groups in total. The Hall–Kier alpha value is -1.51. The van der Waals surface area contributed by atoms with Crippen molar-refractivity contribution in [2.45, 2.75) is 32.8 Å². The van der Waals surface area contributed by atoms with Crippen molar-refractivity contribution in [1.82, 2.24) is 4.90 Å². The molecule has 0 aliphatic carbocycles. The highest BCUT2D eigenvalue weighted by Gasteiger charge is 2.19. The van der Waals surface area contributed by atoms with Crippen molar-refractivity contribution in [3.8, 4) is 0 Å². The molecule has 1 heterocycles. The van der Waals surface area contributed by atoms with Crippen LogP contribution in [-0.2, 0) is 11.3 Å². The summed E-state index contributed by atoms with van der Waals surface area (Å²) < 4.78 is 5.35. The maximum absolute atomic E-state index is 11.9. The van der Waals surface area contributed by atoms with Gasteiger partial charge >= 0.3 is 6.09 Å². The van der Waals surface area contributed by atoms with Gasteiger partial charge in [0.25, 0.3) is 0 Å². The van der Waals surface area contributed by atoms with E-state index in [9.17, 15) is 4.79 Å². The van der Waals surface area contributed by atoms with Crippen LogP contribution < -0.4 is 0 Å². The van der Waals surface area contributed by atoms with Crippen LogP contribution in [0.15, 0.2) is 30.3 Å². The molecule has 18 heavy (non-hydrogen) atoms. The van der Waals surface area contributed by atoms with E-state index in [4.69, 9.17) is 4.74 Å². The topological polar surface area (TPSA) is 29.5 Å². The largest absolute Gasteiger partial charge is 0.445 e. The van der Waals surface area contributed by atoms with Crippen LogP contribution in [0.3, 0.4) is 0 Å². The van der Waals surface area contributed by atoms with Crippen LogP contribution in [0.2, 0.25) is 0 Å². The number of nitrogens with zero attached hydrogens (tertiary/aromatic N) is 1. The second kappa shape index (κ2) is 6.43. The first-order valence-electron chi connectivity index (χ1n) is 6.71. The molecule has 3 heteroatoms. The van der Waals surface area contributed by atoms with Gasteiger partial charge < -0.3 is 9.64 Å². The van der Waals surface area contributed by atoms with Crippen LogP contribution in [0, 0.1) is 5.92 Å². The highest BCUT2D eigenvalue weighted by atomic mass is 16.6. The van der Waals surface area contributed by atoms with Gasteiger partial charge in [0.2, 0.25) is 0 Å². The summed E-state index contributed by atoms with van der Waals surface area (Å²) in [6, 6.07) is 9.81. The summed E-state index contributed by atoms with van der Waals surface area (Å²) in [7, 11) is 0. The lowest BCUT2D eigenvalue weighted by Crippen LogP contribution is -2.32. The van der Waals surface area contributed by atoms with Crippen LogP contribution in [0.5, 0.6) is 0 Å². The molecular formula is C15H21NO2. The van der Waals surface area contributed by atoms with E-state index in [1.807, 2.05) is 35.2 Å². The van der Waals surface area contributed by atoms with Crippen LogP contribution in [0.4, 0.5) is 4.79 Å². The Bertz CT molecular complexity index is 377. The molecule has 1 aromatic carbocycles. The lowest BCUT2D eigenvalue weighted by Gasteiger charge is -2.19. The van der Waals surface area contributed by atoms with Gasteiger partial charge in [0.15, 0.2) is 0 Å². The van der Waals surface area contributed by atoms with E-state index in [0.717, 1.165) is 37.4 Å². The van der Waals surface area contributed by atoms with Crippen molar-refractivity contribution in [3.05, 3.63) is 35.9 Å². The lowest BCUT2D eigenvalue weighted by molar-refractivity contribution is 0.0971. The van der Waals surface area contributed by atoms with E-state index < -0.39 is 0 Å². The Morgan fingerprint density at radius 2 is 2.06 bits per heavy atom. The lowest BCUT2D eigenvalue weighted by atomic mass is 10.0. The second-order valence-corrected chi connectivity index (χ2v) is 5.06. The number of likely N-dealkylation sites (tertiary alicyclic amines) is 1. The average molecular weight is 247 g/mol. The number of hydrogen-bond donors (Lipinski definition) is 0. The number of carbonyl (C=O) groups excluding carboxylic acids is 1. The van der Waals surface area contributed by atoms with Crippen molar-refractivity contribution in [2.75, 3.05) is 13.1 Å².